The van der Waals surface area contributed by atoms with Crippen molar-refractivity contribution in [2.24, 2.45) is 0 Å². The predicted octanol–water partition coefficient (Wildman–Crippen LogP) is 1.92. The number of likely N-dealkylation sites (N-methyl/N-ethyl adjacent to an activating group) is 1. The number of hydrogen-bond acceptors (Lipinski definition) is 6. The van der Waals surface area contributed by atoms with Crippen LogP contribution in [0, 0.1) is 0 Å². The molecule has 28 heavy (non-hydrogen) atoms. The van der Waals surface area contributed by atoms with Gasteiger partial charge >= 0.3 is 0 Å². The van der Waals surface area contributed by atoms with Crippen LogP contribution in [0.15, 0.2) is 42.7 Å². The summed E-state index contributed by atoms with van der Waals surface area (Å²) in [6.07, 6.45) is 4.13. The molecule has 146 valence electrons. The summed E-state index contributed by atoms with van der Waals surface area (Å²) >= 11 is 0. The molecule has 2 aliphatic heterocycles. The van der Waals surface area contributed by atoms with Gasteiger partial charge in [-0.2, -0.15) is 0 Å². The van der Waals surface area contributed by atoms with E-state index >= 15 is 0 Å². The van der Waals surface area contributed by atoms with Gasteiger partial charge in [0.2, 0.25) is 0 Å². The van der Waals surface area contributed by atoms with Gasteiger partial charge in [-0.1, -0.05) is 13.0 Å². The van der Waals surface area contributed by atoms with Crippen LogP contribution < -0.4 is 15.5 Å². The fourth-order valence-corrected chi connectivity index (χ4v) is 3.93. The minimum absolute atomic E-state index is 0.471. The molecule has 0 unspecified atom stereocenters. The van der Waals surface area contributed by atoms with E-state index in [2.05, 4.69) is 67.2 Å². The largest absolute Gasteiger partial charge is 0.368 e. The summed E-state index contributed by atoms with van der Waals surface area (Å²) in [6, 6.07) is 10.9. The van der Waals surface area contributed by atoms with Crippen molar-refractivity contribution < 1.29 is 0 Å². The molecule has 2 aliphatic rings. The lowest BCUT2D eigenvalue weighted by Gasteiger charge is -2.35. The number of imidazole rings is 1. The van der Waals surface area contributed by atoms with Crippen LogP contribution in [-0.4, -0.2) is 71.1 Å². The zero-order valence-corrected chi connectivity index (χ0v) is 16.3. The Hall–Kier alpha value is -2.64. The van der Waals surface area contributed by atoms with Gasteiger partial charge in [-0.3, -0.25) is 4.40 Å². The molecule has 7 heteroatoms. The van der Waals surface area contributed by atoms with Crippen molar-refractivity contribution in [2.45, 2.75) is 13.0 Å². The Bertz CT molecular complexity index is 954. The quantitative estimate of drug-likeness (QED) is 0.709. The van der Waals surface area contributed by atoms with E-state index in [1.807, 2.05) is 12.3 Å². The summed E-state index contributed by atoms with van der Waals surface area (Å²) in [4.78, 5) is 14.4. The molecule has 0 radical (unpaired) electrons. The second kappa shape index (κ2) is 7.41. The molecule has 0 saturated carbocycles. The van der Waals surface area contributed by atoms with Gasteiger partial charge in [0.25, 0.3) is 0 Å². The maximum Gasteiger partial charge on any atom is 0.137 e. The van der Waals surface area contributed by atoms with Crippen molar-refractivity contribution in [3.63, 3.8) is 0 Å². The van der Waals surface area contributed by atoms with Gasteiger partial charge in [-0.25, -0.2) is 9.97 Å². The summed E-state index contributed by atoms with van der Waals surface area (Å²) in [5.74, 6) is 0.922. The zero-order chi connectivity index (χ0) is 18.9. The Kier molecular flexibility index (Phi) is 4.62. The van der Waals surface area contributed by atoms with Gasteiger partial charge in [-0.15, -0.1) is 0 Å². The Morgan fingerprint density at radius 2 is 1.96 bits per heavy atom. The van der Waals surface area contributed by atoms with Crippen LogP contribution in [0.4, 0.5) is 11.5 Å². The molecule has 0 aromatic carbocycles. The van der Waals surface area contributed by atoms with Gasteiger partial charge in [0.05, 0.1) is 29.3 Å². The Morgan fingerprint density at radius 3 is 2.71 bits per heavy atom. The fraction of sp³-hybridized carbons (Fsp3) is 0.429. The van der Waals surface area contributed by atoms with E-state index in [4.69, 9.17) is 4.98 Å². The van der Waals surface area contributed by atoms with E-state index in [9.17, 15) is 0 Å². The number of pyridine rings is 2. The number of piperazine rings is 1. The number of nitrogens with zero attached hydrogens (tertiary/aromatic N) is 5. The van der Waals surface area contributed by atoms with E-state index in [0.717, 1.165) is 68.7 Å². The highest BCUT2D eigenvalue weighted by atomic mass is 15.3. The van der Waals surface area contributed by atoms with Gasteiger partial charge in [-0.05, 0) is 30.8 Å². The maximum absolute atomic E-state index is 4.83. The van der Waals surface area contributed by atoms with E-state index in [-0.39, 0.29) is 0 Å². The highest BCUT2D eigenvalue weighted by Crippen LogP contribution is 2.24. The Labute approximate surface area is 165 Å². The first kappa shape index (κ1) is 17.5. The van der Waals surface area contributed by atoms with Crippen molar-refractivity contribution in [2.75, 3.05) is 56.0 Å². The first-order valence-corrected chi connectivity index (χ1v) is 10.2. The van der Waals surface area contributed by atoms with Gasteiger partial charge < -0.3 is 20.4 Å². The third-order valence-corrected chi connectivity index (χ3v) is 5.82. The lowest BCUT2D eigenvalue weighted by atomic mass is 10.2. The topological polar surface area (TPSA) is 60.7 Å². The Balaban J connectivity index is 1.43. The minimum atomic E-state index is 0.471. The van der Waals surface area contributed by atoms with E-state index in [1.165, 1.54) is 5.69 Å². The summed E-state index contributed by atoms with van der Waals surface area (Å²) in [5.41, 5.74) is 4.17. The maximum atomic E-state index is 4.83. The standard InChI is InChI=1S/C21H27N7/c1-2-26-8-10-27(11-9-26)17-6-7-21-23-14-19(28(21)15-17)18-4-3-5-20(25-18)24-16-12-22-13-16/h3-7,14-16,22H,2,8-13H2,1H3,(H,24,25). The number of anilines is 2. The van der Waals surface area contributed by atoms with Gasteiger partial charge in [0, 0.05) is 45.5 Å². The van der Waals surface area contributed by atoms with Crippen LogP contribution >= 0.6 is 0 Å². The number of hydrogen-bond donors (Lipinski definition) is 2. The summed E-state index contributed by atoms with van der Waals surface area (Å²) < 4.78 is 2.17. The molecule has 5 rings (SSSR count). The molecule has 3 aromatic rings. The summed E-state index contributed by atoms with van der Waals surface area (Å²) in [5, 5.41) is 6.76. The molecule has 2 N–H and O–H groups in total. The van der Waals surface area contributed by atoms with Crippen LogP contribution in [0.1, 0.15) is 6.92 Å². The van der Waals surface area contributed by atoms with Crippen molar-refractivity contribution in [1.29, 1.82) is 0 Å². The second-order valence-electron chi connectivity index (χ2n) is 7.59. The number of rotatable bonds is 5. The van der Waals surface area contributed by atoms with Crippen molar-refractivity contribution in [1.82, 2.24) is 24.6 Å². The molecule has 0 amide bonds. The van der Waals surface area contributed by atoms with E-state index < -0.39 is 0 Å². The lowest BCUT2D eigenvalue weighted by Crippen LogP contribution is -2.51. The highest BCUT2D eigenvalue weighted by Gasteiger charge is 2.18. The van der Waals surface area contributed by atoms with Crippen LogP contribution in [0.25, 0.3) is 17.0 Å². The third kappa shape index (κ3) is 3.31. The van der Waals surface area contributed by atoms with Crippen LogP contribution in [-0.2, 0) is 0 Å². The summed E-state index contributed by atoms with van der Waals surface area (Å²) in [6.45, 7) is 9.73. The highest BCUT2D eigenvalue weighted by molar-refractivity contribution is 5.64. The number of aromatic nitrogens is 3. The monoisotopic (exact) mass is 377 g/mol. The van der Waals surface area contributed by atoms with Crippen molar-refractivity contribution in [3.8, 4) is 11.4 Å². The van der Waals surface area contributed by atoms with Gasteiger partial charge in [0.1, 0.15) is 11.5 Å². The molecule has 2 fully saturated rings. The smallest absolute Gasteiger partial charge is 0.137 e. The van der Waals surface area contributed by atoms with Crippen molar-refractivity contribution >= 4 is 17.2 Å². The average Bonchev–Trinajstić information content (AvgIpc) is 3.14. The second-order valence-corrected chi connectivity index (χ2v) is 7.59. The van der Waals surface area contributed by atoms with Crippen molar-refractivity contribution in [3.05, 3.63) is 42.7 Å². The third-order valence-electron chi connectivity index (χ3n) is 5.82. The minimum Gasteiger partial charge on any atom is -0.368 e. The first-order chi connectivity index (χ1) is 13.8. The molecule has 0 spiro atoms. The molecule has 3 aromatic heterocycles. The number of fused-ring (bicyclic) bond motifs is 1. The fourth-order valence-electron chi connectivity index (χ4n) is 3.93. The molecule has 0 bridgehead atoms. The van der Waals surface area contributed by atoms with E-state index in [1.54, 1.807) is 0 Å². The average molecular weight is 377 g/mol. The molecular weight excluding hydrogens is 350 g/mol. The molecule has 7 nitrogen and oxygen atoms in total. The number of nitrogens with one attached hydrogen (secondary N) is 2. The molecule has 0 atom stereocenters. The molecular formula is C21H27N7. The first-order valence-electron chi connectivity index (χ1n) is 10.2. The lowest BCUT2D eigenvalue weighted by molar-refractivity contribution is 0.271. The van der Waals surface area contributed by atoms with Crippen LogP contribution in [0.2, 0.25) is 0 Å². The predicted molar refractivity (Wildman–Crippen MR) is 113 cm³/mol. The van der Waals surface area contributed by atoms with Crippen LogP contribution in [0.3, 0.4) is 0 Å². The van der Waals surface area contributed by atoms with Gasteiger partial charge in [0.15, 0.2) is 0 Å². The SMILES string of the molecule is CCN1CCN(c2ccc3ncc(-c4cccc(NC5CNC5)n4)n3c2)CC1. The zero-order valence-electron chi connectivity index (χ0n) is 16.3. The normalized spacial score (nSPS) is 18.4. The molecule has 2 saturated heterocycles. The molecule has 5 heterocycles. The van der Waals surface area contributed by atoms with E-state index in [0.29, 0.717) is 6.04 Å². The Morgan fingerprint density at radius 1 is 1.11 bits per heavy atom. The van der Waals surface area contributed by atoms with Crippen LogP contribution in [0.5, 0.6) is 0 Å². The molecule has 0 aliphatic carbocycles. The summed E-state index contributed by atoms with van der Waals surface area (Å²) in [7, 11) is 0.